The van der Waals surface area contributed by atoms with Crippen molar-refractivity contribution in [2.45, 2.75) is 24.6 Å². The molecule has 1 fully saturated rings. The molecule has 92 valence electrons. The fraction of sp³-hybridized carbons (Fsp3) is 0.417. The van der Waals surface area contributed by atoms with Gasteiger partial charge in [0, 0.05) is 12.2 Å². The van der Waals surface area contributed by atoms with Gasteiger partial charge in [-0.1, -0.05) is 0 Å². The number of carboxylic acids is 1. The second kappa shape index (κ2) is 3.20. The average Bonchev–Trinajstić information content (AvgIpc) is 3.00. The van der Waals surface area contributed by atoms with Gasteiger partial charge in [-0.2, -0.15) is 0 Å². The van der Waals surface area contributed by atoms with Crippen LogP contribution in [0.3, 0.4) is 0 Å². The molecule has 2 atom stereocenters. The van der Waals surface area contributed by atoms with Crippen molar-refractivity contribution in [3.05, 3.63) is 22.8 Å². The molecule has 0 amide bonds. The molecule has 2 aliphatic heterocycles. The number of benzene rings is 1. The van der Waals surface area contributed by atoms with Gasteiger partial charge in [-0.3, -0.25) is 0 Å². The minimum Gasteiger partial charge on any atom is -0.535 e. The van der Waals surface area contributed by atoms with Crippen LogP contribution < -0.4 is 9.39 Å². The SMILES string of the molecule is O=C(O)c1c2c(cc3c1OB(O)[C@@H]1C[C@H]31)CCO2. The zero-order valence-corrected chi connectivity index (χ0v) is 9.55. The first-order valence-corrected chi connectivity index (χ1v) is 6.07. The van der Waals surface area contributed by atoms with E-state index in [1.165, 1.54) is 0 Å². The number of carboxylic acid groups (broad SMARTS) is 1. The van der Waals surface area contributed by atoms with Crippen LogP contribution in [0.1, 0.15) is 33.8 Å². The summed E-state index contributed by atoms with van der Waals surface area (Å²) in [5, 5.41) is 19.1. The molecule has 0 saturated heterocycles. The first-order chi connectivity index (χ1) is 8.66. The lowest BCUT2D eigenvalue weighted by molar-refractivity contribution is 0.0690. The Balaban J connectivity index is 1.98. The van der Waals surface area contributed by atoms with Crippen LogP contribution in [0.5, 0.6) is 11.5 Å². The van der Waals surface area contributed by atoms with E-state index in [1.54, 1.807) is 0 Å². The van der Waals surface area contributed by atoms with Gasteiger partial charge in [-0.15, -0.1) is 0 Å². The molecule has 1 aromatic carbocycles. The average molecular weight is 246 g/mol. The fourth-order valence-corrected chi connectivity index (χ4v) is 3.03. The van der Waals surface area contributed by atoms with Crippen LogP contribution in [-0.2, 0) is 6.42 Å². The monoisotopic (exact) mass is 246 g/mol. The van der Waals surface area contributed by atoms with Crippen molar-refractivity contribution in [3.8, 4) is 11.5 Å². The van der Waals surface area contributed by atoms with Crippen LogP contribution in [0.2, 0.25) is 5.82 Å². The number of hydrogen-bond donors (Lipinski definition) is 2. The van der Waals surface area contributed by atoms with E-state index in [1.807, 2.05) is 6.07 Å². The maximum Gasteiger partial charge on any atom is 0.526 e. The van der Waals surface area contributed by atoms with E-state index in [0.29, 0.717) is 18.1 Å². The Morgan fingerprint density at radius 2 is 2.28 bits per heavy atom. The molecule has 4 rings (SSSR count). The van der Waals surface area contributed by atoms with E-state index >= 15 is 0 Å². The molecule has 18 heavy (non-hydrogen) atoms. The molecule has 0 spiro atoms. The summed E-state index contributed by atoms with van der Waals surface area (Å²) in [7, 11) is -0.889. The van der Waals surface area contributed by atoms with Crippen molar-refractivity contribution in [3.63, 3.8) is 0 Å². The summed E-state index contributed by atoms with van der Waals surface area (Å²) in [5.74, 6) is 0.0190. The first kappa shape index (κ1) is 10.3. The van der Waals surface area contributed by atoms with Crippen molar-refractivity contribution in [1.29, 1.82) is 0 Å². The van der Waals surface area contributed by atoms with Crippen LogP contribution in [0, 0.1) is 0 Å². The highest BCUT2D eigenvalue weighted by Gasteiger charge is 2.55. The van der Waals surface area contributed by atoms with Crippen molar-refractivity contribution < 1.29 is 24.3 Å². The fourth-order valence-electron chi connectivity index (χ4n) is 3.03. The summed E-state index contributed by atoms with van der Waals surface area (Å²) in [5.41, 5.74) is 1.94. The number of aromatic carboxylic acids is 1. The minimum atomic E-state index is -1.06. The van der Waals surface area contributed by atoms with E-state index in [0.717, 1.165) is 24.0 Å². The van der Waals surface area contributed by atoms with Gasteiger partial charge in [0.2, 0.25) is 0 Å². The lowest BCUT2D eigenvalue weighted by Gasteiger charge is -2.22. The topological polar surface area (TPSA) is 76.0 Å². The summed E-state index contributed by atoms with van der Waals surface area (Å²) in [6.07, 6.45) is 1.61. The lowest BCUT2D eigenvalue weighted by atomic mass is 9.76. The molecule has 6 heteroatoms. The van der Waals surface area contributed by atoms with E-state index in [2.05, 4.69) is 0 Å². The van der Waals surface area contributed by atoms with Crippen LogP contribution in [0.15, 0.2) is 6.07 Å². The van der Waals surface area contributed by atoms with Gasteiger partial charge in [0.1, 0.15) is 17.1 Å². The van der Waals surface area contributed by atoms with Gasteiger partial charge >= 0.3 is 13.1 Å². The number of hydrogen-bond acceptors (Lipinski definition) is 4. The first-order valence-electron chi connectivity index (χ1n) is 6.07. The standard InChI is InChI=1S/C12H11BO5/c14-12(15)9-10-5(1-2-17-10)3-7-6-4-8(6)13(16)18-11(7)9/h3,6,8,16H,1-2,4H2,(H,14,15)/t6-,8-/m1/s1. The highest BCUT2D eigenvalue weighted by Crippen LogP contribution is 2.61. The van der Waals surface area contributed by atoms with Crippen LogP contribution in [-0.4, -0.2) is 29.8 Å². The predicted octanol–water partition coefficient (Wildman–Crippen LogP) is 1.05. The molecule has 2 N–H and O–H groups in total. The Morgan fingerprint density at radius 3 is 3.06 bits per heavy atom. The second-order valence-electron chi connectivity index (χ2n) is 5.08. The van der Waals surface area contributed by atoms with Crippen molar-refractivity contribution >= 4 is 13.1 Å². The second-order valence-corrected chi connectivity index (χ2v) is 5.08. The highest BCUT2D eigenvalue weighted by molar-refractivity contribution is 6.48. The zero-order chi connectivity index (χ0) is 12.4. The maximum atomic E-state index is 11.4. The van der Waals surface area contributed by atoms with E-state index in [4.69, 9.17) is 9.39 Å². The molecule has 0 aromatic heterocycles. The minimum absolute atomic E-state index is 0.0735. The van der Waals surface area contributed by atoms with Gasteiger partial charge in [0.05, 0.1) is 6.61 Å². The molecule has 1 aliphatic carbocycles. The molecular formula is C12H11BO5. The Morgan fingerprint density at radius 1 is 1.44 bits per heavy atom. The number of ether oxygens (including phenoxy) is 1. The third kappa shape index (κ3) is 1.18. The van der Waals surface area contributed by atoms with Crippen molar-refractivity contribution in [2.24, 2.45) is 0 Å². The normalized spacial score (nSPS) is 26.6. The molecule has 1 saturated carbocycles. The Kier molecular flexibility index (Phi) is 1.82. The third-order valence-corrected chi connectivity index (χ3v) is 4.01. The molecule has 5 nitrogen and oxygen atoms in total. The molecule has 1 aromatic rings. The maximum absolute atomic E-state index is 11.4. The highest BCUT2D eigenvalue weighted by atomic mass is 16.5. The Hall–Kier alpha value is -1.69. The third-order valence-electron chi connectivity index (χ3n) is 4.01. The van der Waals surface area contributed by atoms with Crippen molar-refractivity contribution in [1.82, 2.24) is 0 Å². The number of fused-ring (bicyclic) bond motifs is 4. The molecular weight excluding hydrogens is 235 g/mol. The quantitative estimate of drug-likeness (QED) is 0.724. The smallest absolute Gasteiger partial charge is 0.526 e. The van der Waals surface area contributed by atoms with Crippen LogP contribution in [0.4, 0.5) is 0 Å². The summed E-state index contributed by atoms with van der Waals surface area (Å²) < 4.78 is 10.8. The van der Waals surface area contributed by atoms with Gasteiger partial charge < -0.3 is 19.5 Å². The predicted molar refractivity (Wildman–Crippen MR) is 62.3 cm³/mol. The van der Waals surface area contributed by atoms with Gasteiger partial charge in [-0.25, -0.2) is 4.79 Å². The zero-order valence-electron chi connectivity index (χ0n) is 9.55. The van der Waals surface area contributed by atoms with Crippen LogP contribution >= 0.6 is 0 Å². The molecule has 0 bridgehead atoms. The summed E-state index contributed by atoms with van der Waals surface area (Å²) in [6.45, 7) is 0.509. The summed E-state index contributed by atoms with van der Waals surface area (Å²) in [6, 6.07) is 1.99. The van der Waals surface area contributed by atoms with Gasteiger partial charge in [-0.05, 0) is 29.5 Å². The van der Waals surface area contributed by atoms with E-state index in [-0.39, 0.29) is 17.3 Å². The molecule has 0 radical (unpaired) electrons. The lowest BCUT2D eigenvalue weighted by Crippen LogP contribution is -2.27. The van der Waals surface area contributed by atoms with Crippen molar-refractivity contribution in [2.75, 3.05) is 6.61 Å². The van der Waals surface area contributed by atoms with Gasteiger partial charge in [0.15, 0.2) is 0 Å². The van der Waals surface area contributed by atoms with E-state index in [9.17, 15) is 14.9 Å². The molecule has 0 unspecified atom stereocenters. The molecule has 3 aliphatic rings. The summed E-state index contributed by atoms with van der Waals surface area (Å²) in [4.78, 5) is 11.4. The Bertz CT molecular complexity index is 570. The summed E-state index contributed by atoms with van der Waals surface area (Å²) >= 11 is 0. The van der Waals surface area contributed by atoms with Crippen LogP contribution in [0.25, 0.3) is 0 Å². The molecule has 2 heterocycles. The number of carbonyl (C=O) groups is 1. The van der Waals surface area contributed by atoms with E-state index < -0.39 is 13.1 Å². The Labute approximate surface area is 103 Å². The largest absolute Gasteiger partial charge is 0.535 e. The van der Waals surface area contributed by atoms with Gasteiger partial charge in [0.25, 0.3) is 0 Å². The number of rotatable bonds is 1.